The van der Waals surface area contributed by atoms with Gasteiger partial charge in [0.1, 0.15) is 5.75 Å². The molecule has 9 heteroatoms. The van der Waals surface area contributed by atoms with Gasteiger partial charge < -0.3 is 19.7 Å². The lowest BCUT2D eigenvalue weighted by Gasteiger charge is -2.33. The first-order valence-corrected chi connectivity index (χ1v) is 10.5. The van der Waals surface area contributed by atoms with E-state index in [0.717, 1.165) is 49.0 Å². The van der Waals surface area contributed by atoms with Gasteiger partial charge >= 0.3 is 5.97 Å². The normalized spacial score (nSPS) is 16.4. The average molecular weight is 541 g/mol. The van der Waals surface area contributed by atoms with Crippen LogP contribution >= 0.6 is 24.0 Å². The smallest absolute Gasteiger partial charge is 0.310 e. The average Bonchev–Trinajstić information content (AvgIpc) is 3.26. The third-order valence-corrected chi connectivity index (χ3v) is 5.05. The number of benzene rings is 1. The Morgan fingerprint density at radius 2 is 2.03 bits per heavy atom. The van der Waals surface area contributed by atoms with Crippen molar-refractivity contribution >= 4 is 35.9 Å². The standard InChI is InChI=1S/C22H31N5O3.HI/c1-4-23-22(26-13-6-7-17(16-26)21(28)30-5-2)24-15-18-12-14-27(25-18)19-8-10-20(29-3)11-9-19;/h8-12,14,17H,4-7,13,15-16H2,1-3H3,(H,23,24);1H. The molecule has 1 aromatic heterocycles. The molecule has 1 atom stereocenters. The highest BCUT2D eigenvalue weighted by molar-refractivity contribution is 14.0. The summed E-state index contributed by atoms with van der Waals surface area (Å²) in [6.45, 7) is 7.04. The van der Waals surface area contributed by atoms with Crippen molar-refractivity contribution in [2.75, 3.05) is 33.4 Å². The van der Waals surface area contributed by atoms with Gasteiger partial charge in [-0.2, -0.15) is 5.10 Å². The number of carbonyl (C=O) groups excluding carboxylic acids is 1. The van der Waals surface area contributed by atoms with Gasteiger partial charge in [0.15, 0.2) is 5.96 Å². The predicted octanol–water partition coefficient (Wildman–Crippen LogP) is 3.24. The SMILES string of the molecule is CCNC(=NCc1ccn(-c2ccc(OC)cc2)n1)N1CCCC(C(=O)OCC)C1.I. The molecule has 0 amide bonds. The zero-order valence-corrected chi connectivity index (χ0v) is 20.7. The quantitative estimate of drug-likeness (QED) is 0.251. The first-order chi connectivity index (χ1) is 14.6. The van der Waals surface area contributed by atoms with Crippen molar-refractivity contribution < 1.29 is 14.3 Å². The summed E-state index contributed by atoms with van der Waals surface area (Å²) in [5, 5.41) is 7.97. The summed E-state index contributed by atoms with van der Waals surface area (Å²) in [7, 11) is 1.65. The van der Waals surface area contributed by atoms with Crippen molar-refractivity contribution in [3.05, 3.63) is 42.2 Å². The van der Waals surface area contributed by atoms with Crippen molar-refractivity contribution in [2.45, 2.75) is 33.2 Å². The van der Waals surface area contributed by atoms with Crippen molar-refractivity contribution in [1.82, 2.24) is 20.0 Å². The summed E-state index contributed by atoms with van der Waals surface area (Å²) in [5.41, 5.74) is 1.84. The fraction of sp³-hybridized carbons (Fsp3) is 0.500. The molecule has 1 N–H and O–H groups in total. The number of guanidine groups is 1. The Balaban J connectivity index is 0.00000341. The predicted molar refractivity (Wildman–Crippen MR) is 131 cm³/mol. The summed E-state index contributed by atoms with van der Waals surface area (Å²) < 4.78 is 12.2. The number of aromatic nitrogens is 2. The van der Waals surface area contributed by atoms with Crippen LogP contribution in [0.2, 0.25) is 0 Å². The van der Waals surface area contributed by atoms with Crippen LogP contribution in [0.4, 0.5) is 0 Å². The molecule has 31 heavy (non-hydrogen) atoms. The van der Waals surface area contributed by atoms with Crippen LogP contribution in [0.15, 0.2) is 41.5 Å². The minimum Gasteiger partial charge on any atom is -0.497 e. The molecule has 0 bridgehead atoms. The third-order valence-electron chi connectivity index (χ3n) is 5.05. The van der Waals surface area contributed by atoms with Crippen LogP contribution in [0, 0.1) is 5.92 Å². The second-order valence-corrected chi connectivity index (χ2v) is 7.16. The van der Waals surface area contributed by atoms with Gasteiger partial charge in [0.25, 0.3) is 0 Å². The van der Waals surface area contributed by atoms with Crippen LogP contribution < -0.4 is 10.1 Å². The van der Waals surface area contributed by atoms with E-state index >= 15 is 0 Å². The molecule has 2 aromatic rings. The van der Waals surface area contributed by atoms with Crippen LogP contribution in [0.5, 0.6) is 5.75 Å². The van der Waals surface area contributed by atoms with E-state index in [2.05, 4.69) is 15.3 Å². The summed E-state index contributed by atoms with van der Waals surface area (Å²) >= 11 is 0. The van der Waals surface area contributed by atoms with Gasteiger partial charge in [-0.1, -0.05) is 0 Å². The molecule has 0 aliphatic carbocycles. The zero-order valence-electron chi connectivity index (χ0n) is 18.4. The number of hydrogen-bond acceptors (Lipinski definition) is 5. The second kappa shape index (κ2) is 12.5. The molecule has 1 unspecified atom stereocenters. The van der Waals surface area contributed by atoms with Crippen LogP contribution in [0.1, 0.15) is 32.4 Å². The van der Waals surface area contributed by atoms with E-state index in [-0.39, 0.29) is 35.9 Å². The maximum Gasteiger partial charge on any atom is 0.310 e. The molecule has 0 spiro atoms. The van der Waals surface area contributed by atoms with E-state index in [4.69, 9.17) is 14.5 Å². The Bertz CT molecular complexity index is 853. The highest BCUT2D eigenvalue weighted by Gasteiger charge is 2.28. The lowest BCUT2D eigenvalue weighted by molar-refractivity contribution is -0.149. The van der Waals surface area contributed by atoms with Crippen LogP contribution in [-0.4, -0.2) is 60.0 Å². The summed E-state index contributed by atoms with van der Waals surface area (Å²) in [6, 6.07) is 9.72. The van der Waals surface area contributed by atoms with Crippen molar-refractivity contribution in [3.8, 4) is 11.4 Å². The Kier molecular flexibility index (Phi) is 10.1. The highest BCUT2D eigenvalue weighted by atomic mass is 127. The molecular formula is C22H32IN5O3. The first-order valence-electron chi connectivity index (χ1n) is 10.5. The number of aliphatic imine (C=N–C) groups is 1. The number of hydrogen-bond donors (Lipinski definition) is 1. The largest absolute Gasteiger partial charge is 0.497 e. The minimum atomic E-state index is -0.115. The van der Waals surface area contributed by atoms with E-state index in [1.807, 2.05) is 55.1 Å². The molecule has 3 rings (SSSR count). The Hall–Kier alpha value is -2.30. The molecule has 2 heterocycles. The van der Waals surface area contributed by atoms with E-state index in [9.17, 15) is 4.79 Å². The Morgan fingerprint density at radius 1 is 1.26 bits per heavy atom. The van der Waals surface area contributed by atoms with Crippen molar-refractivity contribution in [2.24, 2.45) is 10.9 Å². The van der Waals surface area contributed by atoms with E-state index in [1.54, 1.807) is 7.11 Å². The molecule has 1 aliphatic rings. The number of esters is 1. The maximum atomic E-state index is 12.2. The molecule has 0 radical (unpaired) electrons. The maximum absolute atomic E-state index is 12.2. The van der Waals surface area contributed by atoms with Gasteiger partial charge in [-0.05, 0) is 57.0 Å². The van der Waals surface area contributed by atoms with Crippen LogP contribution in [0.3, 0.4) is 0 Å². The molecule has 170 valence electrons. The molecule has 1 saturated heterocycles. The summed E-state index contributed by atoms with van der Waals surface area (Å²) in [4.78, 5) is 19.1. The van der Waals surface area contributed by atoms with Gasteiger partial charge in [0, 0.05) is 25.8 Å². The first kappa shape index (κ1) is 25.0. The lowest BCUT2D eigenvalue weighted by atomic mass is 9.98. The molecule has 0 saturated carbocycles. The van der Waals surface area contributed by atoms with Gasteiger partial charge in [0.05, 0.1) is 37.6 Å². The fourth-order valence-electron chi connectivity index (χ4n) is 3.53. The topological polar surface area (TPSA) is 81.0 Å². The van der Waals surface area contributed by atoms with E-state index in [0.29, 0.717) is 19.7 Å². The minimum absolute atomic E-state index is 0. The number of carbonyl (C=O) groups is 1. The Labute approximate surface area is 201 Å². The second-order valence-electron chi connectivity index (χ2n) is 7.16. The lowest BCUT2D eigenvalue weighted by Crippen LogP contribution is -2.48. The molecule has 8 nitrogen and oxygen atoms in total. The van der Waals surface area contributed by atoms with Crippen LogP contribution in [-0.2, 0) is 16.1 Å². The van der Waals surface area contributed by atoms with Gasteiger partial charge in [-0.25, -0.2) is 9.67 Å². The van der Waals surface area contributed by atoms with Gasteiger partial charge in [-0.3, -0.25) is 4.79 Å². The fourth-order valence-corrected chi connectivity index (χ4v) is 3.53. The monoisotopic (exact) mass is 541 g/mol. The number of piperidine rings is 1. The van der Waals surface area contributed by atoms with Crippen LogP contribution in [0.25, 0.3) is 5.69 Å². The molecule has 1 fully saturated rings. The molecule has 1 aliphatic heterocycles. The van der Waals surface area contributed by atoms with Crippen molar-refractivity contribution in [1.29, 1.82) is 0 Å². The third kappa shape index (κ3) is 6.84. The number of nitrogens with zero attached hydrogens (tertiary/aromatic N) is 4. The van der Waals surface area contributed by atoms with E-state index in [1.165, 1.54) is 0 Å². The highest BCUT2D eigenvalue weighted by Crippen LogP contribution is 2.19. The number of ether oxygens (including phenoxy) is 2. The van der Waals surface area contributed by atoms with Crippen molar-refractivity contribution in [3.63, 3.8) is 0 Å². The molecular weight excluding hydrogens is 509 g/mol. The number of rotatable bonds is 7. The number of nitrogens with one attached hydrogen (secondary N) is 1. The number of likely N-dealkylation sites (tertiary alicyclic amines) is 1. The summed E-state index contributed by atoms with van der Waals surface area (Å²) in [6.07, 6.45) is 3.73. The van der Waals surface area contributed by atoms with E-state index < -0.39 is 0 Å². The van der Waals surface area contributed by atoms with Gasteiger partial charge in [-0.15, -0.1) is 24.0 Å². The number of halogens is 1. The summed E-state index contributed by atoms with van der Waals surface area (Å²) in [5.74, 6) is 1.41. The zero-order chi connectivity index (χ0) is 21.3. The van der Waals surface area contributed by atoms with Gasteiger partial charge in [0.2, 0.25) is 0 Å². The molecule has 1 aromatic carbocycles. The number of methoxy groups -OCH3 is 1. The Morgan fingerprint density at radius 3 is 2.71 bits per heavy atom.